The van der Waals surface area contributed by atoms with Crippen LogP contribution in [-0.2, 0) is 13.0 Å². The van der Waals surface area contributed by atoms with Crippen LogP contribution >= 0.6 is 11.6 Å². The Labute approximate surface area is 143 Å². The lowest BCUT2D eigenvalue weighted by molar-refractivity contribution is 0.0725. The highest BCUT2D eigenvalue weighted by Gasteiger charge is 2.28. The third-order valence-electron chi connectivity index (χ3n) is 4.02. The van der Waals surface area contributed by atoms with Crippen LogP contribution in [0.5, 0.6) is 0 Å². The molecule has 0 atom stereocenters. The van der Waals surface area contributed by atoms with Gasteiger partial charge in [0.05, 0.1) is 12.7 Å². The number of benzene rings is 1. The fraction of sp³-hybridized carbons (Fsp3) is 0.176. The molecule has 0 unspecified atom stereocenters. The van der Waals surface area contributed by atoms with Crippen molar-refractivity contribution in [1.29, 1.82) is 0 Å². The zero-order valence-corrected chi connectivity index (χ0v) is 13.4. The summed E-state index contributed by atoms with van der Waals surface area (Å²) in [5.41, 5.74) is 3.09. The molecule has 6 nitrogen and oxygen atoms in total. The van der Waals surface area contributed by atoms with Gasteiger partial charge in [0, 0.05) is 35.1 Å². The van der Waals surface area contributed by atoms with Gasteiger partial charge in [-0.05, 0) is 30.7 Å². The van der Waals surface area contributed by atoms with Gasteiger partial charge in [-0.2, -0.15) is 0 Å². The first-order valence-corrected chi connectivity index (χ1v) is 7.89. The second-order valence-corrected chi connectivity index (χ2v) is 5.95. The number of carbonyl (C=O) groups is 1. The minimum Gasteiger partial charge on any atom is -0.356 e. The zero-order valence-electron chi connectivity index (χ0n) is 12.6. The summed E-state index contributed by atoms with van der Waals surface area (Å²) in [5.74, 6) is 0.595. The summed E-state index contributed by atoms with van der Waals surface area (Å²) in [5, 5.41) is 4.82. The molecule has 120 valence electrons. The van der Waals surface area contributed by atoms with E-state index in [1.165, 1.54) is 12.4 Å². The van der Waals surface area contributed by atoms with Crippen molar-refractivity contribution < 1.29 is 9.32 Å². The number of aromatic nitrogens is 3. The van der Waals surface area contributed by atoms with Crippen LogP contribution in [0.25, 0.3) is 11.3 Å². The van der Waals surface area contributed by atoms with Crippen molar-refractivity contribution in [1.82, 2.24) is 20.0 Å². The molecule has 7 heteroatoms. The summed E-state index contributed by atoms with van der Waals surface area (Å²) in [4.78, 5) is 22.2. The number of halogens is 1. The Morgan fingerprint density at radius 2 is 2.04 bits per heavy atom. The number of nitrogens with zero attached hydrogens (tertiary/aromatic N) is 4. The molecule has 1 aromatic carbocycles. The smallest absolute Gasteiger partial charge is 0.274 e. The lowest BCUT2D eigenvalue weighted by Crippen LogP contribution is -2.36. The first-order valence-electron chi connectivity index (χ1n) is 7.51. The highest BCUT2D eigenvalue weighted by molar-refractivity contribution is 6.30. The fourth-order valence-corrected chi connectivity index (χ4v) is 2.93. The van der Waals surface area contributed by atoms with E-state index in [4.69, 9.17) is 16.1 Å². The molecule has 0 aliphatic carbocycles. The van der Waals surface area contributed by atoms with Gasteiger partial charge in [0.2, 0.25) is 0 Å². The van der Waals surface area contributed by atoms with E-state index in [-0.39, 0.29) is 5.91 Å². The molecular formula is C17H13ClN4O2. The SMILES string of the molecule is O=C(c1cnccn1)N1CCc2c(noc2-c2ccc(Cl)cc2)C1. The average Bonchev–Trinajstić information content (AvgIpc) is 3.05. The van der Waals surface area contributed by atoms with E-state index in [1.54, 1.807) is 11.1 Å². The Morgan fingerprint density at radius 1 is 1.21 bits per heavy atom. The van der Waals surface area contributed by atoms with Crippen molar-refractivity contribution in [2.45, 2.75) is 13.0 Å². The Kier molecular flexibility index (Phi) is 3.74. The van der Waals surface area contributed by atoms with Gasteiger partial charge in [-0.15, -0.1) is 0 Å². The van der Waals surface area contributed by atoms with Crippen LogP contribution in [0.3, 0.4) is 0 Å². The Balaban J connectivity index is 1.59. The van der Waals surface area contributed by atoms with Crippen LogP contribution in [-0.4, -0.2) is 32.5 Å². The molecule has 24 heavy (non-hydrogen) atoms. The van der Waals surface area contributed by atoms with Crippen molar-refractivity contribution in [3.8, 4) is 11.3 Å². The van der Waals surface area contributed by atoms with Crippen molar-refractivity contribution in [3.63, 3.8) is 0 Å². The normalized spacial score (nSPS) is 13.6. The molecule has 4 rings (SSSR count). The molecule has 0 saturated heterocycles. The van der Waals surface area contributed by atoms with Gasteiger partial charge >= 0.3 is 0 Å². The Bertz CT molecular complexity index is 877. The number of amides is 1. The largest absolute Gasteiger partial charge is 0.356 e. The molecule has 0 fully saturated rings. The van der Waals surface area contributed by atoms with E-state index >= 15 is 0 Å². The predicted molar refractivity (Wildman–Crippen MR) is 87.4 cm³/mol. The van der Waals surface area contributed by atoms with Gasteiger partial charge < -0.3 is 9.42 Å². The number of carbonyl (C=O) groups excluding carboxylic acids is 1. The van der Waals surface area contributed by atoms with Gasteiger partial charge in [0.1, 0.15) is 11.4 Å². The van der Waals surface area contributed by atoms with Gasteiger partial charge in [0.25, 0.3) is 5.91 Å². The maximum absolute atomic E-state index is 12.5. The highest BCUT2D eigenvalue weighted by Crippen LogP contribution is 2.31. The van der Waals surface area contributed by atoms with Crippen LogP contribution in [0.15, 0.2) is 47.4 Å². The highest BCUT2D eigenvalue weighted by atomic mass is 35.5. The molecule has 2 aromatic heterocycles. The molecule has 1 aliphatic rings. The Morgan fingerprint density at radius 3 is 2.79 bits per heavy atom. The number of fused-ring (bicyclic) bond motifs is 1. The number of hydrogen-bond acceptors (Lipinski definition) is 5. The molecule has 1 amide bonds. The number of rotatable bonds is 2. The summed E-state index contributed by atoms with van der Waals surface area (Å²) >= 11 is 5.93. The fourth-order valence-electron chi connectivity index (χ4n) is 2.80. The summed E-state index contributed by atoms with van der Waals surface area (Å²) in [6.07, 6.45) is 5.21. The first-order chi connectivity index (χ1) is 11.7. The summed E-state index contributed by atoms with van der Waals surface area (Å²) < 4.78 is 5.52. The third kappa shape index (κ3) is 2.65. The molecule has 3 aromatic rings. The van der Waals surface area contributed by atoms with E-state index in [1.807, 2.05) is 24.3 Å². The average molecular weight is 341 g/mol. The lowest BCUT2D eigenvalue weighted by atomic mass is 10.0. The van der Waals surface area contributed by atoms with Crippen molar-refractivity contribution in [2.75, 3.05) is 6.54 Å². The first kappa shape index (κ1) is 14.8. The van der Waals surface area contributed by atoms with Crippen LogP contribution in [0.4, 0.5) is 0 Å². The summed E-state index contributed by atoms with van der Waals surface area (Å²) in [6, 6.07) is 7.44. The van der Waals surface area contributed by atoms with Crippen LogP contribution in [0, 0.1) is 0 Å². The summed E-state index contributed by atoms with van der Waals surface area (Å²) in [7, 11) is 0. The predicted octanol–water partition coefficient (Wildman–Crippen LogP) is 2.98. The van der Waals surface area contributed by atoms with Gasteiger partial charge in [0.15, 0.2) is 5.76 Å². The summed E-state index contributed by atoms with van der Waals surface area (Å²) in [6.45, 7) is 0.992. The molecule has 0 N–H and O–H groups in total. The van der Waals surface area contributed by atoms with Crippen LogP contribution < -0.4 is 0 Å². The quantitative estimate of drug-likeness (QED) is 0.717. The molecule has 0 radical (unpaired) electrons. The lowest BCUT2D eigenvalue weighted by Gasteiger charge is -2.25. The minimum atomic E-state index is -0.148. The Hall–Kier alpha value is -2.73. The topological polar surface area (TPSA) is 72.1 Å². The standard InChI is InChI=1S/C17H13ClN4O2/c18-12-3-1-11(2-4-12)16-13-5-8-22(10-15(13)21-24-16)17(23)14-9-19-6-7-20-14/h1-4,6-7,9H,5,8,10H2. The second kappa shape index (κ2) is 6.05. The molecule has 3 heterocycles. The van der Waals surface area contributed by atoms with Gasteiger partial charge in [-0.3, -0.25) is 9.78 Å². The molecule has 1 aliphatic heterocycles. The second-order valence-electron chi connectivity index (χ2n) is 5.51. The van der Waals surface area contributed by atoms with E-state index in [0.29, 0.717) is 30.2 Å². The van der Waals surface area contributed by atoms with E-state index in [0.717, 1.165) is 22.6 Å². The van der Waals surface area contributed by atoms with Crippen LogP contribution in [0.1, 0.15) is 21.7 Å². The minimum absolute atomic E-state index is 0.148. The van der Waals surface area contributed by atoms with Crippen molar-refractivity contribution in [2.24, 2.45) is 0 Å². The molecular weight excluding hydrogens is 328 g/mol. The maximum atomic E-state index is 12.5. The molecule has 0 saturated carbocycles. The van der Waals surface area contributed by atoms with E-state index < -0.39 is 0 Å². The van der Waals surface area contributed by atoms with Gasteiger partial charge in [-0.1, -0.05) is 16.8 Å². The molecule has 0 bridgehead atoms. The third-order valence-corrected chi connectivity index (χ3v) is 4.27. The van der Waals surface area contributed by atoms with Gasteiger partial charge in [-0.25, -0.2) is 4.98 Å². The van der Waals surface area contributed by atoms with Crippen molar-refractivity contribution >= 4 is 17.5 Å². The monoisotopic (exact) mass is 340 g/mol. The van der Waals surface area contributed by atoms with E-state index in [2.05, 4.69) is 15.1 Å². The van der Waals surface area contributed by atoms with E-state index in [9.17, 15) is 4.79 Å². The zero-order chi connectivity index (χ0) is 16.5. The van der Waals surface area contributed by atoms with Crippen LogP contribution in [0.2, 0.25) is 5.02 Å². The maximum Gasteiger partial charge on any atom is 0.274 e. The number of hydrogen-bond donors (Lipinski definition) is 0. The van der Waals surface area contributed by atoms with Crippen molar-refractivity contribution in [3.05, 3.63) is 64.8 Å². The molecule has 0 spiro atoms.